The number of hydrogen-bond acceptors (Lipinski definition) is 2. The van der Waals surface area contributed by atoms with Crippen molar-refractivity contribution in [1.82, 2.24) is 9.78 Å². The molecule has 0 fully saturated rings. The van der Waals surface area contributed by atoms with E-state index in [0.29, 0.717) is 6.04 Å². The molecule has 0 saturated heterocycles. The van der Waals surface area contributed by atoms with Crippen molar-refractivity contribution in [1.29, 1.82) is 0 Å². The fourth-order valence-electron chi connectivity index (χ4n) is 2.18. The molecule has 0 aliphatic carbocycles. The number of hydrogen-bond donors (Lipinski definition) is 1. The minimum absolute atomic E-state index is 0.000689. The SMILES string of the molecule is CCC(C)n1ccc(CC(N)Cc2ccc(F)cc2)n1. The molecule has 2 aromatic rings. The average Bonchev–Trinajstić information content (AvgIpc) is 2.89. The van der Waals surface area contributed by atoms with E-state index in [0.717, 1.165) is 30.5 Å². The largest absolute Gasteiger partial charge is 0.327 e. The van der Waals surface area contributed by atoms with Crippen LogP contribution in [0.3, 0.4) is 0 Å². The zero-order valence-electron chi connectivity index (χ0n) is 12.1. The number of benzene rings is 1. The van der Waals surface area contributed by atoms with Crippen molar-refractivity contribution in [2.45, 2.75) is 45.2 Å². The first kappa shape index (κ1) is 14.7. The first-order valence-electron chi connectivity index (χ1n) is 7.12. The Morgan fingerprint density at radius 1 is 1.20 bits per heavy atom. The van der Waals surface area contributed by atoms with Crippen molar-refractivity contribution in [2.75, 3.05) is 0 Å². The van der Waals surface area contributed by atoms with Crippen molar-refractivity contribution in [2.24, 2.45) is 5.73 Å². The van der Waals surface area contributed by atoms with Gasteiger partial charge >= 0.3 is 0 Å². The highest BCUT2D eigenvalue weighted by molar-refractivity contribution is 5.17. The van der Waals surface area contributed by atoms with Gasteiger partial charge in [-0.25, -0.2) is 4.39 Å². The lowest BCUT2D eigenvalue weighted by molar-refractivity contribution is 0.471. The number of aromatic nitrogens is 2. The summed E-state index contributed by atoms with van der Waals surface area (Å²) in [6.45, 7) is 4.29. The van der Waals surface area contributed by atoms with Gasteiger partial charge < -0.3 is 5.73 Å². The van der Waals surface area contributed by atoms with Crippen LogP contribution in [-0.4, -0.2) is 15.8 Å². The van der Waals surface area contributed by atoms with E-state index in [1.54, 1.807) is 12.1 Å². The number of nitrogens with two attached hydrogens (primary N) is 1. The maximum absolute atomic E-state index is 12.8. The van der Waals surface area contributed by atoms with Gasteiger partial charge in [0.2, 0.25) is 0 Å². The lowest BCUT2D eigenvalue weighted by Crippen LogP contribution is -2.25. The van der Waals surface area contributed by atoms with Crippen molar-refractivity contribution < 1.29 is 4.39 Å². The van der Waals surface area contributed by atoms with Crippen LogP contribution in [0.2, 0.25) is 0 Å². The second-order valence-corrected chi connectivity index (χ2v) is 5.34. The molecule has 0 amide bonds. The molecule has 0 saturated carbocycles. The van der Waals surface area contributed by atoms with Gasteiger partial charge in [0.15, 0.2) is 0 Å². The normalized spacial score (nSPS) is 14.2. The molecule has 0 aliphatic heterocycles. The van der Waals surface area contributed by atoms with E-state index < -0.39 is 0 Å². The Balaban J connectivity index is 1.92. The maximum Gasteiger partial charge on any atom is 0.123 e. The quantitative estimate of drug-likeness (QED) is 0.880. The molecule has 2 atom stereocenters. The molecule has 108 valence electrons. The molecule has 1 heterocycles. The summed E-state index contributed by atoms with van der Waals surface area (Å²) in [6.07, 6.45) is 4.54. The van der Waals surface area contributed by atoms with E-state index >= 15 is 0 Å². The molecule has 1 aromatic heterocycles. The lowest BCUT2D eigenvalue weighted by atomic mass is 10.0. The van der Waals surface area contributed by atoms with Gasteiger partial charge in [-0.2, -0.15) is 5.10 Å². The van der Waals surface area contributed by atoms with Crippen LogP contribution in [0, 0.1) is 5.82 Å². The first-order chi connectivity index (χ1) is 9.58. The van der Waals surface area contributed by atoms with Gasteiger partial charge in [-0.1, -0.05) is 19.1 Å². The highest BCUT2D eigenvalue weighted by atomic mass is 19.1. The van der Waals surface area contributed by atoms with Gasteiger partial charge in [-0.3, -0.25) is 4.68 Å². The molecule has 1 aromatic carbocycles. The summed E-state index contributed by atoms with van der Waals surface area (Å²) < 4.78 is 14.8. The predicted octanol–water partition coefficient (Wildman–Crippen LogP) is 3.11. The molecular weight excluding hydrogens is 253 g/mol. The van der Waals surface area contributed by atoms with Crippen molar-refractivity contribution in [3.8, 4) is 0 Å². The molecule has 20 heavy (non-hydrogen) atoms. The lowest BCUT2D eigenvalue weighted by Gasteiger charge is -2.11. The third-order valence-corrected chi connectivity index (χ3v) is 3.59. The molecule has 0 aliphatic rings. The molecule has 2 unspecified atom stereocenters. The Hall–Kier alpha value is -1.68. The van der Waals surface area contributed by atoms with E-state index in [1.807, 2.05) is 16.9 Å². The minimum Gasteiger partial charge on any atom is -0.327 e. The van der Waals surface area contributed by atoms with Crippen LogP contribution in [0.25, 0.3) is 0 Å². The van der Waals surface area contributed by atoms with E-state index in [2.05, 4.69) is 18.9 Å². The summed E-state index contributed by atoms with van der Waals surface area (Å²) in [7, 11) is 0. The molecular formula is C16H22FN3. The Morgan fingerprint density at radius 3 is 2.55 bits per heavy atom. The summed E-state index contributed by atoms with van der Waals surface area (Å²) in [5, 5.41) is 4.55. The summed E-state index contributed by atoms with van der Waals surface area (Å²) in [5.41, 5.74) is 8.22. The van der Waals surface area contributed by atoms with Gasteiger partial charge in [0.05, 0.1) is 5.69 Å². The maximum atomic E-state index is 12.8. The van der Waals surface area contributed by atoms with Crippen LogP contribution < -0.4 is 5.73 Å². The zero-order valence-corrected chi connectivity index (χ0v) is 12.1. The Kier molecular flexibility index (Phi) is 4.90. The Labute approximate surface area is 119 Å². The van der Waals surface area contributed by atoms with E-state index in [-0.39, 0.29) is 11.9 Å². The zero-order chi connectivity index (χ0) is 14.5. The summed E-state index contributed by atoms with van der Waals surface area (Å²) >= 11 is 0. The van der Waals surface area contributed by atoms with Gasteiger partial charge in [0.25, 0.3) is 0 Å². The van der Waals surface area contributed by atoms with Crippen LogP contribution in [0.1, 0.15) is 37.6 Å². The van der Waals surface area contributed by atoms with Gasteiger partial charge in [0.1, 0.15) is 5.82 Å². The number of nitrogens with zero attached hydrogens (tertiary/aromatic N) is 2. The summed E-state index contributed by atoms with van der Waals surface area (Å²) in [5.74, 6) is -0.213. The third kappa shape index (κ3) is 3.90. The van der Waals surface area contributed by atoms with Crippen LogP contribution >= 0.6 is 0 Å². The van der Waals surface area contributed by atoms with Crippen LogP contribution in [0.5, 0.6) is 0 Å². The molecule has 0 spiro atoms. The molecule has 0 bridgehead atoms. The van der Waals surface area contributed by atoms with E-state index in [4.69, 9.17) is 5.73 Å². The van der Waals surface area contributed by atoms with Crippen LogP contribution in [-0.2, 0) is 12.8 Å². The van der Waals surface area contributed by atoms with Gasteiger partial charge in [-0.05, 0) is 43.5 Å². The fourth-order valence-corrected chi connectivity index (χ4v) is 2.18. The fraction of sp³-hybridized carbons (Fsp3) is 0.438. The second kappa shape index (κ2) is 6.66. The molecule has 4 heteroatoms. The average molecular weight is 275 g/mol. The second-order valence-electron chi connectivity index (χ2n) is 5.34. The highest BCUT2D eigenvalue weighted by Gasteiger charge is 2.10. The highest BCUT2D eigenvalue weighted by Crippen LogP contribution is 2.11. The Bertz CT molecular complexity index is 533. The molecule has 2 rings (SSSR count). The number of halogens is 1. The number of rotatable bonds is 6. The van der Waals surface area contributed by atoms with E-state index in [9.17, 15) is 4.39 Å². The topological polar surface area (TPSA) is 43.8 Å². The van der Waals surface area contributed by atoms with Crippen molar-refractivity contribution in [3.63, 3.8) is 0 Å². The molecule has 3 nitrogen and oxygen atoms in total. The van der Waals surface area contributed by atoms with Crippen molar-refractivity contribution >= 4 is 0 Å². The molecule has 2 N–H and O–H groups in total. The van der Waals surface area contributed by atoms with Crippen LogP contribution in [0.15, 0.2) is 36.5 Å². The smallest absolute Gasteiger partial charge is 0.123 e. The molecule has 0 radical (unpaired) electrons. The third-order valence-electron chi connectivity index (χ3n) is 3.59. The summed E-state index contributed by atoms with van der Waals surface area (Å²) in [6, 6.07) is 8.95. The predicted molar refractivity (Wildman–Crippen MR) is 79.0 cm³/mol. The monoisotopic (exact) mass is 275 g/mol. The summed E-state index contributed by atoms with van der Waals surface area (Å²) in [4.78, 5) is 0. The van der Waals surface area contributed by atoms with Gasteiger partial charge in [-0.15, -0.1) is 0 Å². The van der Waals surface area contributed by atoms with Crippen molar-refractivity contribution in [3.05, 3.63) is 53.6 Å². The standard InChI is InChI=1S/C16H22FN3/c1-3-12(2)20-9-8-16(19-20)11-15(18)10-13-4-6-14(17)7-5-13/h4-9,12,15H,3,10-11,18H2,1-2H3. The van der Waals surface area contributed by atoms with E-state index in [1.165, 1.54) is 12.1 Å². The minimum atomic E-state index is -0.213. The van der Waals surface area contributed by atoms with Gasteiger partial charge in [0, 0.05) is 24.7 Å². The van der Waals surface area contributed by atoms with Crippen LogP contribution in [0.4, 0.5) is 4.39 Å². The Morgan fingerprint density at radius 2 is 1.90 bits per heavy atom. The first-order valence-corrected chi connectivity index (χ1v) is 7.12.